The van der Waals surface area contributed by atoms with E-state index in [9.17, 15) is 0 Å². The molecule has 2 aliphatic rings. The molecule has 1 aromatic rings. The van der Waals surface area contributed by atoms with Crippen molar-refractivity contribution in [1.29, 1.82) is 0 Å². The summed E-state index contributed by atoms with van der Waals surface area (Å²) in [4.78, 5) is 0. The molecule has 0 aromatic heterocycles. The number of hydrogen-bond acceptors (Lipinski definition) is 1. The van der Waals surface area contributed by atoms with Gasteiger partial charge in [-0.25, -0.2) is 0 Å². The molecule has 0 unspecified atom stereocenters. The maximum absolute atomic E-state index is 3.65. The van der Waals surface area contributed by atoms with E-state index < -0.39 is 0 Å². The van der Waals surface area contributed by atoms with Crippen LogP contribution in [0.15, 0.2) is 18.2 Å². The Morgan fingerprint density at radius 1 is 1.31 bits per heavy atom. The Balaban J connectivity index is 2.15. The van der Waals surface area contributed by atoms with Gasteiger partial charge >= 0.3 is 0 Å². The fraction of sp³-hybridized carbons (Fsp3) is 0.500. The van der Waals surface area contributed by atoms with Crippen LogP contribution in [0.25, 0.3) is 0 Å². The smallest absolute Gasteiger partial charge is 0.0439 e. The SMILES string of the molecule is Cc1ccc2c(c1)CCNC21CC1. The molecule has 0 radical (unpaired) electrons. The van der Waals surface area contributed by atoms with Crippen LogP contribution in [0.4, 0.5) is 0 Å². The lowest BCUT2D eigenvalue weighted by molar-refractivity contribution is 0.489. The van der Waals surface area contributed by atoms with E-state index in [1.54, 1.807) is 11.1 Å². The standard InChI is InChI=1S/C12H15N/c1-9-2-3-11-10(8-9)4-7-13-12(11)5-6-12/h2-3,8,13H,4-7H2,1H3. The van der Waals surface area contributed by atoms with Gasteiger partial charge in [-0.05, 0) is 37.3 Å². The topological polar surface area (TPSA) is 12.0 Å². The van der Waals surface area contributed by atoms with E-state index in [1.807, 2.05) is 0 Å². The number of benzene rings is 1. The van der Waals surface area contributed by atoms with Crippen LogP contribution in [0.3, 0.4) is 0 Å². The van der Waals surface area contributed by atoms with Gasteiger partial charge in [0, 0.05) is 12.1 Å². The van der Waals surface area contributed by atoms with Gasteiger partial charge in [0.1, 0.15) is 0 Å². The number of fused-ring (bicyclic) bond motifs is 2. The average Bonchev–Trinajstić information content (AvgIpc) is 2.86. The number of nitrogens with one attached hydrogen (secondary N) is 1. The summed E-state index contributed by atoms with van der Waals surface area (Å²) in [6, 6.07) is 6.92. The first-order valence-corrected chi connectivity index (χ1v) is 5.15. The second-order valence-electron chi connectivity index (χ2n) is 4.42. The van der Waals surface area contributed by atoms with E-state index in [1.165, 1.54) is 24.8 Å². The molecule has 0 bridgehead atoms. The minimum atomic E-state index is 0.404. The van der Waals surface area contributed by atoms with Gasteiger partial charge in [0.05, 0.1) is 0 Å². The van der Waals surface area contributed by atoms with Crippen LogP contribution in [0.2, 0.25) is 0 Å². The molecule has 3 rings (SSSR count). The number of hydrogen-bond donors (Lipinski definition) is 1. The molecule has 0 atom stereocenters. The highest BCUT2D eigenvalue weighted by Crippen LogP contribution is 2.48. The Bertz CT molecular complexity index is 350. The van der Waals surface area contributed by atoms with Gasteiger partial charge in [0.15, 0.2) is 0 Å². The maximum Gasteiger partial charge on any atom is 0.0439 e. The third kappa shape index (κ3) is 1.03. The largest absolute Gasteiger partial charge is 0.307 e. The molecule has 1 spiro atoms. The molecular weight excluding hydrogens is 158 g/mol. The minimum Gasteiger partial charge on any atom is -0.307 e. The quantitative estimate of drug-likeness (QED) is 0.633. The molecule has 0 amide bonds. The predicted octanol–water partition coefficient (Wildman–Crippen LogP) is 2.13. The molecule has 13 heavy (non-hydrogen) atoms. The fourth-order valence-corrected chi connectivity index (χ4v) is 2.50. The molecule has 1 nitrogen and oxygen atoms in total. The average molecular weight is 173 g/mol. The molecule has 1 aliphatic carbocycles. The summed E-state index contributed by atoms with van der Waals surface area (Å²) in [6.07, 6.45) is 3.88. The highest BCUT2D eigenvalue weighted by atomic mass is 15.0. The van der Waals surface area contributed by atoms with Gasteiger partial charge in [-0.2, -0.15) is 0 Å². The Morgan fingerprint density at radius 3 is 2.92 bits per heavy atom. The van der Waals surface area contributed by atoms with Crippen molar-refractivity contribution >= 4 is 0 Å². The van der Waals surface area contributed by atoms with Gasteiger partial charge in [-0.3, -0.25) is 0 Å². The zero-order chi connectivity index (χ0) is 8.89. The zero-order valence-electron chi connectivity index (χ0n) is 8.06. The molecule has 1 N–H and O–H groups in total. The van der Waals surface area contributed by atoms with E-state index in [2.05, 4.69) is 30.4 Å². The number of aryl methyl sites for hydroxylation is 1. The van der Waals surface area contributed by atoms with E-state index in [-0.39, 0.29) is 0 Å². The lowest BCUT2D eigenvalue weighted by Gasteiger charge is -2.27. The van der Waals surface area contributed by atoms with Crippen molar-refractivity contribution in [1.82, 2.24) is 5.32 Å². The fourth-order valence-electron chi connectivity index (χ4n) is 2.50. The van der Waals surface area contributed by atoms with Crippen LogP contribution in [-0.4, -0.2) is 6.54 Å². The van der Waals surface area contributed by atoms with E-state index in [0.29, 0.717) is 5.54 Å². The summed E-state index contributed by atoms with van der Waals surface area (Å²) >= 11 is 0. The monoisotopic (exact) mass is 173 g/mol. The van der Waals surface area contributed by atoms with E-state index >= 15 is 0 Å². The van der Waals surface area contributed by atoms with E-state index in [0.717, 1.165) is 6.54 Å². The van der Waals surface area contributed by atoms with Crippen molar-refractivity contribution in [2.24, 2.45) is 0 Å². The third-order valence-corrected chi connectivity index (χ3v) is 3.38. The van der Waals surface area contributed by atoms with Gasteiger partial charge in [0.2, 0.25) is 0 Å². The van der Waals surface area contributed by atoms with Crippen LogP contribution in [0, 0.1) is 6.92 Å². The normalized spacial score (nSPS) is 22.8. The van der Waals surface area contributed by atoms with Crippen molar-refractivity contribution in [3.63, 3.8) is 0 Å². The molecule has 1 heterocycles. The van der Waals surface area contributed by atoms with Crippen LogP contribution in [0.5, 0.6) is 0 Å². The summed E-state index contributed by atoms with van der Waals surface area (Å²) in [5.74, 6) is 0. The summed E-state index contributed by atoms with van der Waals surface area (Å²) < 4.78 is 0. The molecule has 1 fully saturated rings. The van der Waals surface area contributed by atoms with E-state index in [4.69, 9.17) is 0 Å². The van der Waals surface area contributed by atoms with Gasteiger partial charge < -0.3 is 5.32 Å². The first kappa shape index (κ1) is 7.57. The predicted molar refractivity (Wildman–Crippen MR) is 53.8 cm³/mol. The Morgan fingerprint density at radius 2 is 2.15 bits per heavy atom. The van der Waals surface area contributed by atoms with Crippen molar-refractivity contribution < 1.29 is 0 Å². The third-order valence-electron chi connectivity index (χ3n) is 3.38. The molecular formula is C12H15N. The summed E-state index contributed by atoms with van der Waals surface area (Å²) in [6.45, 7) is 3.35. The molecule has 1 aliphatic heterocycles. The first-order valence-electron chi connectivity index (χ1n) is 5.15. The summed E-state index contributed by atoms with van der Waals surface area (Å²) in [7, 11) is 0. The summed E-state index contributed by atoms with van der Waals surface area (Å²) in [5, 5.41) is 3.65. The molecule has 0 saturated heterocycles. The number of rotatable bonds is 0. The van der Waals surface area contributed by atoms with Gasteiger partial charge in [-0.15, -0.1) is 0 Å². The Kier molecular flexibility index (Phi) is 1.37. The van der Waals surface area contributed by atoms with Crippen LogP contribution in [-0.2, 0) is 12.0 Å². The lowest BCUT2D eigenvalue weighted by atomic mass is 9.91. The second kappa shape index (κ2) is 2.36. The molecule has 68 valence electrons. The molecule has 1 saturated carbocycles. The van der Waals surface area contributed by atoms with Crippen molar-refractivity contribution in [3.8, 4) is 0 Å². The highest BCUT2D eigenvalue weighted by Gasteiger charge is 2.46. The van der Waals surface area contributed by atoms with Crippen LogP contribution in [0.1, 0.15) is 29.5 Å². The van der Waals surface area contributed by atoms with Gasteiger partial charge in [0.25, 0.3) is 0 Å². The first-order chi connectivity index (χ1) is 6.30. The Labute approximate surface area is 79.2 Å². The molecule has 1 heteroatoms. The minimum absolute atomic E-state index is 0.404. The lowest BCUT2D eigenvalue weighted by Crippen LogP contribution is -2.36. The summed E-state index contributed by atoms with van der Waals surface area (Å²) in [5.41, 5.74) is 4.96. The van der Waals surface area contributed by atoms with Gasteiger partial charge in [-0.1, -0.05) is 23.8 Å². The van der Waals surface area contributed by atoms with Crippen LogP contribution < -0.4 is 5.32 Å². The van der Waals surface area contributed by atoms with Crippen molar-refractivity contribution in [2.45, 2.75) is 31.7 Å². The van der Waals surface area contributed by atoms with Crippen molar-refractivity contribution in [2.75, 3.05) is 6.54 Å². The highest BCUT2D eigenvalue weighted by molar-refractivity contribution is 5.42. The molecule has 1 aromatic carbocycles. The zero-order valence-corrected chi connectivity index (χ0v) is 8.06. The maximum atomic E-state index is 3.65. The Hall–Kier alpha value is -0.820. The van der Waals surface area contributed by atoms with Crippen molar-refractivity contribution in [3.05, 3.63) is 34.9 Å². The van der Waals surface area contributed by atoms with Crippen LogP contribution >= 0.6 is 0 Å². The second-order valence-corrected chi connectivity index (χ2v) is 4.42.